The lowest BCUT2D eigenvalue weighted by atomic mass is 9.93. The van der Waals surface area contributed by atoms with Crippen LogP contribution >= 0.6 is 55.0 Å². The molecule has 248 valence electrons. The molecule has 4 aromatic carbocycles. The fraction of sp³-hybridized carbons (Fsp3) is 0.139. The van der Waals surface area contributed by atoms with Gasteiger partial charge in [0.15, 0.2) is 4.80 Å². The molecule has 1 aromatic heterocycles. The van der Waals surface area contributed by atoms with E-state index in [9.17, 15) is 19.7 Å². The molecule has 9 nitrogen and oxygen atoms in total. The second-order valence-electron chi connectivity index (χ2n) is 10.7. The van der Waals surface area contributed by atoms with Gasteiger partial charge in [-0.1, -0.05) is 69.7 Å². The van der Waals surface area contributed by atoms with Crippen molar-refractivity contribution in [3.05, 3.63) is 158 Å². The summed E-state index contributed by atoms with van der Waals surface area (Å²) in [6.07, 6.45) is 3.73. The summed E-state index contributed by atoms with van der Waals surface area (Å²) in [6.45, 7) is 2.04. The number of carbonyl (C=O) groups excluding carboxylic acids is 1. The largest absolute Gasteiger partial charge is 0.487 e. The van der Waals surface area contributed by atoms with Crippen molar-refractivity contribution in [1.29, 1.82) is 0 Å². The van der Waals surface area contributed by atoms with Gasteiger partial charge in [0.25, 0.3) is 11.2 Å². The van der Waals surface area contributed by atoms with Crippen molar-refractivity contribution in [2.24, 2.45) is 4.99 Å². The van der Waals surface area contributed by atoms with Gasteiger partial charge < -0.3 is 9.47 Å². The molecule has 13 heteroatoms. The monoisotopic (exact) mass is 819 g/mol. The Labute approximate surface area is 306 Å². The zero-order chi connectivity index (χ0) is 34.7. The fourth-order valence-corrected chi connectivity index (χ4v) is 8.17. The minimum absolute atomic E-state index is 0.00956. The summed E-state index contributed by atoms with van der Waals surface area (Å²) < 4.78 is 15.1. The first-order valence-corrected chi connectivity index (χ1v) is 18.6. The number of nitro groups is 1. The van der Waals surface area contributed by atoms with Gasteiger partial charge in [-0.2, -0.15) is 0 Å². The van der Waals surface area contributed by atoms with Gasteiger partial charge in [0.2, 0.25) is 0 Å². The maximum absolute atomic E-state index is 14.4. The van der Waals surface area contributed by atoms with Crippen LogP contribution in [0.25, 0.3) is 11.8 Å². The second kappa shape index (κ2) is 15.1. The van der Waals surface area contributed by atoms with E-state index < -0.39 is 16.9 Å². The molecule has 0 unspecified atom stereocenters. The number of thiazole rings is 1. The van der Waals surface area contributed by atoms with Crippen LogP contribution in [0.15, 0.2) is 120 Å². The minimum atomic E-state index is -0.796. The number of fused-ring (bicyclic) bond motifs is 1. The summed E-state index contributed by atoms with van der Waals surface area (Å²) in [5, 5.41) is 11.1. The Morgan fingerprint density at radius 1 is 1.06 bits per heavy atom. The van der Waals surface area contributed by atoms with Gasteiger partial charge in [0.1, 0.15) is 12.4 Å². The molecular weight excluding hydrogens is 794 g/mol. The van der Waals surface area contributed by atoms with E-state index >= 15 is 0 Å². The van der Waals surface area contributed by atoms with E-state index in [1.165, 1.54) is 23.5 Å². The molecule has 0 amide bonds. The standard InChI is InChI=1S/C36H27Br2N3O6S2/c1-3-46-35(43)30-31(22-7-5-4-6-8-22)39-36-40(32(30)23-11-15-27(48-2)16-12-23)34(42)29(49-36)18-24-17-25(37)19-28(38)33(24)47-20-21-9-13-26(14-10-21)41(44)45/h4-19,32H,3,20H2,1-2H3/b29-18-/t32-/m0/s1. The van der Waals surface area contributed by atoms with Gasteiger partial charge in [-0.15, -0.1) is 11.8 Å². The summed E-state index contributed by atoms with van der Waals surface area (Å²) in [6, 6.07) is 26.2. The molecule has 1 atom stereocenters. The van der Waals surface area contributed by atoms with Crippen molar-refractivity contribution in [3.63, 3.8) is 0 Å². The number of ether oxygens (including phenoxy) is 2. The molecule has 0 saturated carbocycles. The molecule has 0 saturated heterocycles. The molecule has 5 aromatic rings. The molecule has 49 heavy (non-hydrogen) atoms. The third kappa shape index (κ3) is 7.35. The molecule has 1 aliphatic rings. The van der Waals surface area contributed by atoms with Crippen molar-refractivity contribution in [2.75, 3.05) is 12.9 Å². The van der Waals surface area contributed by atoms with Crippen molar-refractivity contribution in [1.82, 2.24) is 4.57 Å². The lowest BCUT2D eigenvalue weighted by molar-refractivity contribution is -0.384. The Bertz CT molecular complexity index is 2270. The van der Waals surface area contributed by atoms with E-state index in [0.29, 0.717) is 30.8 Å². The van der Waals surface area contributed by atoms with Gasteiger partial charge in [0.05, 0.1) is 37.8 Å². The highest BCUT2D eigenvalue weighted by atomic mass is 79.9. The molecule has 2 heterocycles. The Kier molecular flexibility index (Phi) is 10.6. The molecular formula is C36H27Br2N3O6S2. The van der Waals surface area contributed by atoms with E-state index in [1.54, 1.807) is 41.5 Å². The Balaban J connectivity index is 1.52. The number of halogens is 2. The summed E-state index contributed by atoms with van der Waals surface area (Å²) >= 11 is 9.96. The van der Waals surface area contributed by atoms with E-state index in [2.05, 4.69) is 31.9 Å². The SMILES string of the molecule is CCOC(=O)C1=C(c2ccccc2)N=c2s/c(=C\c3cc(Br)cc(Br)c3OCc3ccc([N+](=O)[O-])cc3)c(=O)n2[C@H]1c1ccc(SC)cc1. The molecule has 0 spiro atoms. The number of thioether (sulfide) groups is 1. The zero-order valence-electron chi connectivity index (χ0n) is 26.1. The fourth-order valence-electron chi connectivity index (χ4n) is 5.39. The maximum Gasteiger partial charge on any atom is 0.338 e. The number of nitro benzene ring substituents is 1. The Morgan fingerprint density at radius 3 is 2.43 bits per heavy atom. The number of carbonyl (C=O) groups is 1. The predicted molar refractivity (Wildman–Crippen MR) is 199 cm³/mol. The van der Waals surface area contributed by atoms with Crippen molar-refractivity contribution >= 4 is 78.4 Å². The van der Waals surface area contributed by atoms with E-state index in [0.717, 1.165) is 26.1 Å². The van der Waals surface area contributed by atoms with Crippen LogP contribution < -0.4 is 19.6 Å². The van der Waals surface area contributed by atoms with Gasteiger partial charge in [-0.05, 0) is 82.7 Å². The predicted octanol–water partition coefficient (Wildman–Crippen LogP) is 7.67. The minimum Gasteiger partial charge on any atom is -0.487 e. The van der Waals surface area contributed by atoms with Crippen LogP contribution in [0.5, 0.6) is 5.75 Å². The topological polar surface area (TPSA) is 113 Å². The van der Waals surface area contributed by atoms with Crippen LogP contribution in [-0.4, -0.2) is 28.3 Å². The van der Waals surface area contributed by atoms with E-state index in [-0.39, 0.29) is 30.0 Å². The number of hydrogen-bond donors (Lipinski definition) is 0. The first-order valence-electron chi connectivity index (χ1n) is 15.0. The second-order valence-corrected chi connectivity index (χ2v) is 14.4. The quantitative estimate of drug-likeness (QED) is 0.0616. The molecule has 0 N–H and O–H groups in total. The average Bonchev–Trinajstić information content (AvgIpc) is 3.41. The molecule has 0 radical (unpaired) electrons. The molecule has 0 bridgehead atoms. The maximum atomic E-state index is 14.4. The highest BCUT2D eigenvalue weighted by Crippen LogP contribution is 2.37. The number of rotatable bonds is 10. The smallest absolute Gasteiger partial charge is 0.338 e. The normalized spacial score (nSPS) is 14.3. The number of aromatic nitrogens is 1. The first-order chi connectivity index (χ1) is 23.7. The summed E-state index contributed by atoms with van der Waals surface area (Å²) in [5.41, 5.74) is 3.21. The van der Waals surface area contributed by atoms with E-state index in [4.69, 9.17) is 14.5 Å². The molecule has 6 rings (SSSR count). The molecule has 0 fully saturated rings. The third-order valence-corrected chi connectivity index (χ3v) is 10.4. The van der Waals surface area contributed by atoms with Crippen LogP contribution in [0.3, 0.4) is 0 Å². The first kappa shape index (κ1) is 34.6. The summed E-state index contributed by atoms with van der Waals surface area (Å²) in [7, 11) is 0. The lowest BCUT2D eigenvalue weighted by Crippen LogP contribution is -2.40. The zero-order valence-corrected chi connectivity index (χ0v) is 30.9. The van der Waals surface area contributed by atoms with Gasteiger partial charge in [-0.25, -0.2) is 9.79 Å². The number of non-ortho nitro benzene ring substituents is 1. The van der Waals surface area contributed by atoms with Crippen molar-refractivity contribution in [2.45, 2.75) is 24.5 Å². The van der Waals surface area contributed by atoms with Gasteiger partial charge in [0, 0.05) is 32.6 Å². The number of benzene rings is 4. The molecule has 0 aliphatic carbocycles. The summed E-state index contributed by atoms with van der Waals surface area (Å²) in [5.74, 6) is -0.0649. The Morgan fingerprint density at radius 2 is 1.78 bits per heavy atom. The highest BCUT2D eigenvalue weighted by Gasteiger charge is 2.35. The van der Waals surface area contributed by atoms with Crippen molar-refractivity contribution in [3.8, 4) is 5.75 Å². The van der Waals surface area contributed by atoms with Gasteiger partial charge in [-0.3, -0.25) is 19.5 Å². The van der Waals surface area contributed by atoms with Gasteiger partial charge >= 0.3 is 5.97 Å². The number of esters is 1. The highest BCUT2D eigenvalue weighted by molar-refractivity contribution is 9.11. The van der Waals surface area contributed by atoms with E-state index in [1.807, 2.05) is 73.0 Å². The van der Waals surface area contributed by atoms with Crippen LogP contribution in [0.2, 0.25) is 0 Å². The number of hydrogen-bond acceptors (Lipinski definition) is 9. The van der Waals surface area contributed by atoms with Crippen LogP contribution in [0, 0.1) is 10.1 Å². The van der Waals surface area contributed by atoms with Crippen LogP contribution in [0.4, 0.5) is 5.69 Å². The van der Waals surface area contributed by atoms with Crippen molar-refractivity contribution < 1.29 is 19.2 Å². The average molecular weight is 822 g/mol. The van der Waals surface area contributed by atoms with Crippen LogP contribution in [-0.2, 0) is 16.1 Å². The van der Waals surface area contributed by atoms with Crippen LogP contribution in [0.1, 0.15) is 35.2 Å². The Hall–Kier alpha value is -4.30. The number of nitrogens with zero attached hydrogens (tertiary/aromatic N) is 3. The summed E-state index contributed by atoms with van der Waals surface area (Å²) in [4.78, 5) is 45.2. The third-order valence-electron chi connectivity index (χ3n) is 7.66. The molecule has 1 aliphatic heterocycles. The lowest BCUT2D eigenvalue weighted by Gasteiger charge is -2.26.